The van der Waals surface area contributed by atoms with Crippen LogP contribution in [0.4, 0.5) is 4.39 Å². The molecule has 7 nitrogen and oxygen atoms in total. The third kappa shape index (κ3) is 3.64. The van der Waals surface area contributed by atoms with E-state index in [-0.39, 0.29) is 28.6 Å². The van der Waals surface area contributed by atoms with Crippen molar-refractivity contribution in [2.45, 2.75) is 19.4 Å². The predicted molar refractivity (Wildman–Crippen MR) is 111 cm³/mol. The highest BCUT2D eigenvalue weighted by molar-refractivity contribution is 6.31. The molecule has 0 saturated heterocycles. The van der Waals surface area contributed by atoms with Crippen LogP contribution in [0.3, 0.4) is 0 Å². The zero-order valence-corrected chi connectivity index (χ0v) is 17.5. The molecule has 4 rings (SSSR count). The minimum atomic E-state index is -0.489. The van der Waals surface area contributed by atoms with E-state index < -0.39 is 11.7 Å². The van der Waals surface area contributed by atoms with Crippen LogP contribution in [0, 0.1) is 24.1 Å². The number of nitriles is 1. The molecule has 1 aromatic heterocycles. The molecular weight excluding hydrogens is 423 g/mol. The van der Waals surface area contributed by atoms with Gasteiger partial charge in [-0.2, -0.15) is 5.26 Å². The minimum Gasteiger partial charge on any atom is -0.493 e. The van der Waals surface area contributed by atoms with Gasteiger partial charge in [-0.3, -0.25) is 5.10 Å². The van der Waals surface area contributed by atoms with E-state index in [2.05, 4.69) is 16.3 Å². The number of aryl methyl sites for hydroxylation is 1. The topological polar surface area (TPSA) is 106 Å². The van der Waals surface area contributed by atoms with Crippen molar-refractivity contribution in [2.24, 2.45) is 5.73 Å². The van der Waals surface area contributed by atoms with E-state index in [0.29, 0.717) is 17.4 Å². The van der Waals surface area contributed by atoms with E-state index in [1.54, 1.807) is 24.3 Å². The Hall–Kier alpha value is -3.70. The molecule has 1 atom stereocenters. The number of fused-ring (bicyclic) bond motifs is 1. The first-order valence-electron chi connectivity index (χ1n) is 9.30. The van der Waals surface area contributed by atoms with Gasteiger partial charge in [0.15, 0.2) is 11.5 Å². The van der Waals surface area contributed by atoms with E-state index in [0.717, 1.165) is 16.8 Å². The Kier molecular flexibility index (Phi) is 5.44. The number of nitrogens with two attached hydrogens (primary N) is 1. The summed E-state index contributed by atoms with van der Waals surface area (Å²) in [5.41, 5.74) is 8.70. The van der Waals surface area contributed by atoms with Crippen LogP contribution in [0.15, 0.2) is 47.9 Å². The summed E-state index contributed by atoms with van der Waals surface area (Å²) in [7, 11) is 1.50. The molecule has 0 radical (unpaired) electrons. The monoisotopic (exact) mass is 440 g/mol. The molecular formula is C22H18ClFN4O3. The Labute approximate surface area is 182 Å². The van der Waals surface area contributed by atoms with Crippen LogP contribution in [0.2, 0.25) is 5.02 Å². The molecule has 0 unspecified atom stereocenters. The van der Waals surface area contributed by atoms with Crippen molar-refractivity contribution in [3.63, 3.8) is 0 Å². The first-order chi connectivity index (χ1) is 14.9. The van der Waals surface area contributed by atoms with Gasteiger partial charge in [0.1, 0.15) is 24.1 Å². The van der Waals surface area contributed by atoms with Crippen molar-refractivity contribution < 1.29 is 18.6 Å². The second-order valence-electron chi connectivity index (χ2n) is 6.89. The fourth-order valence-corrected chi connectivity index (χ4v) is 3.75. The van der Waals surface area contributed by atoms with Gasteiger partial charge < -0.3 is 19.9 Å². The van der Waals surface area contributed by atoms with Crippen LogP contribution in [0.5, 0.6) is 17.4 Å². The summed E-state index contributed by atoms with van der Waals surface area (Å²) in [6.07, 6.45) is 0. The van der Waals surface area contributed by atoms with E-state index in [1.165, 1.54) is 19.2 Å². The lowest BCUT2D eigenvalue weighted by Gasteiger charge is -2.24. The Balaban J connectivity index is 1.70. The first-order valence-corrected chi connectivity index (χ1v) is 9.68. The van der Waals surface area contributed by atoms with Gasteiger partial charge in [0.25, 0.3) is 0 Å². The van der Waals surface area contributed by atoms with Crippen LogP contribution >= 0.6 is 11.6 Å². The molecule has 158 valence electrons. The molecule has 31 heavy (non-hydrogen) atoms. The summed E-state index contributed by atoms with van der Waals surface area (Å²) in [6.45, 7) is 1.77. The molecule has 2 aromatic carbocycles. The second-order valence-corrected chi connectivity index (χ2v) is 7.30. The average Bonchev–Trinajstić information content (AvgIpc) is 3.12. The quantitative estimate of drug-likeness (QED) is 0.612. The highest BCUT2D eigenvalue weighted by atomic mass is 35.5. The van der Waals surface area contributed by atoms with Crippen molar-refractivity contribution >= 4 is 11.6 Å². The molecule has 2 heterocycles. The molecule has 0 saturated carbocycles. The second kappa shape index (κ2) is 8.20. The number of allylic oxidation sites excluding steroid dienone is 1. The molecule has 1 aliphatic rings. The summed E-state index contributed by atoms with van der Waals surface area (Å²) >= 11 is 6.07. The Morgan fingerprint density at radius 3 is 2.84 bits per heavy atom. The number of benzene rings is 2. The minimum absolute atomic E-state index is 0.0000111. The Bertz CT molecular complexity index is 1210. The van der Waals surface area contributed by atoms with Crippen molar-refractivity contribution in [1.29, 1.82) is 5.26 Å². The maximum Gasteiger partial charge on any atom is 0.244 e. The number of ether oxygens (including phenoxy) is 3. The summed E-state index contributed by atoms with van der Waals surface area (Å²) in [5.74, 6) is 0.198. The van der Waals surface area contributed by atoms with Crippen molar-refractivity contribution in [3.8, 4) is 23.4 Å². The van der Waals surface area contributed by atoms with E-state index in [4.69, 9.17) is 31.5 Å². The zero-order valence-electron chi connectivity index (χ0n) is 16.7. The third-order valence-corrected chi connectivity index (χ3v) is 5.44. The lowest BCUT2D eigenvalue weighted by molar-refractivity contribution is 0.279. The number of rotatable bonds is 5. The number of hydrogen-bond acceptors (Lipinski definition) is 6. The standard InChI is InChI=1S/C22H18ClFN4O3/c1-11-19-20(13(9-25)21(26)31-22(19)28-27-11)12-6-7-17(18(8-12)29-2)30-10-14-15(23)4-3-5-16(14)24/h3-8,20H,10,26H2,1-2H3,(H,27,28)/t20-/m1/s1. The van der Waals surface area contributed by atoms with E-state index in [9.17, 15) is 9.65 Å². The number of H-pyrrole nitrogens is 1. The molecule has 1 aliphatic heterocycles. The molecule has 0 spiro atoms. The van der Waals surface area contributed by atoms with E-state index in [1.807, 2.05) is 6.92 Å². The largest absolute Gasteiger partial charge is 0.493 e. The van der Waals surface area contributed by atoms with E-state index >= 15 is 0 Å². The van der Waals surface area contributed by atoms with Crippen LogP contribution in [-0.2, 0) is 6.61 Å². The molecule has 3 aromatic rings. The number of aromatic amines is 1. The number of halogens is 2. The predicted octanol–water partition coefficient (Wildman–Crippen LogP) is 4.32. The molecule has 0 fully saturated rings. The lowest BCUT2D eigenvalue weighted by atomic mass is 9.84. The van der Waals surface area contributed by atoms with Crippen LogP contribution < -0.4 is 19.9 Å². The van der Waals surface area contributed by atoms with Gasteiger partial charge in [-0.25, -0.2) is 4.39 Å². The van der Waals surface area contributed by atoms with Crippen molar-refractivity contribution in [3.05, 3.63) is 81.1 Å². The summed E-state index contributed by atoms with van der Waals surface area (Å²) < 4.78 is 30.8. The van der Waals surface area contributed by atoms with Gasteiger partial charge in [-0.1, -0.05) is 23.7 Å². The zero-order chi connectivity index (χ0) is 22.1. The fraction of sp³-hybridized carbons (Fsp3) is 0.182. The maximum absolute atomic E-state index is 14.0. The van der Waals surface area contributed by atoms with Gasteiger partial charge in [0, 0.05) is 16.8 Å². The normalized spacial score (nSPS) is 15.1. The Morgan fingerprint density at radius 2 is 2.13 bits per heavy atom. The highest BCUT2D eigenvalue weighted by Crippen LogP contribution is 2.44. The highest BCUT2D eigenvalue weighted by Gasteiger charge is 2.34. The fourth-order valence-electron chi connectivity index (χ4n) is 3.54. The average molecular weight is 441 g/mol. The third-order valence-electron chi connectivity index (χ3n) is 5.08. The molecule has 0 bridgehead atoms. The van der Waals surface area contributed by atoms with Crippen LogP contribution in [0.1, 0.15) is 28.3 Å². The summed E-state index contributed by atoms with van der Waals surface area (Å²) in [4.78, 5) is 0. The summed E-state index contributed by atoms with van der Waals surface area (Å²) in [5, 5.41) is 16.9. The van der Waals surface area contributed by atoms with Crippen molar-refractivity contribution in [1.82, 2.24) is 10.2 Å². The Morgan fingerprint density at radius 1 is 1.32 bits per heavy atom. The van der Waals surface area contributed by atoms with Gasteiger partial charge in [0.05, 0.1) is 18.1 Å². The van der Waals surface area contributed by atoms with Crippen LogP contribution in [0.25, 0.3) is 0 Å². The molecule has 0 aliphatic carbocycles. The van der Waals surface area contributed by atoms with Crippen molar-refractivity contribution in [2.75, 3.05) is 7.11 Å². The van der Waals surface area contributed by atoms with Gasteiger partial charge in [0.2, 0.25) is 11.8 Å². The summed E-state index contributed by atoms with van der Waals surface area (Å²) in [6, 6.07) is 11.8. The maximum atomic E-state index is 14.0. The smallest absolute Gasteiger partial charge is 0.244 e. The number of nitrogens with one attached hydrogen (secondary N) is 1. The number of aromatic nitrogens is 2. The lowest BCUT2D eigenvalue weighted by Crippen LogP contribution is -2.21. The van der Waals surface area contributed by atoms with Gasteiger partial charge >= 0.3 is 0 Å². The van der Waals surface area contributed by atoms with Gasteiger partial charge in [-0.15, -0.1) is 5.10 Å². The first kappa shape index (κ1) is 20.6. The number of hydrogen-bond donors (Lipinski definition) is 2. The number of nitrogens with zero attached hydrogens (tertiary/aromatic N) is 2. The molecule has 9 heteroatoms. The van der Waals surface area contributed by atoms with Gasteiger partial charge in [-0.05, 0) is 36.8 Å². The number of methoxy groups -OCH3 is 1. The SMILES string of the molecule is COc1cc([C@@H]2C(C#N)=C(N)Oc3n[nH]c(C)c32)ccc1OCc1c(F)cccc1Cl. The molecule has 0 amide bonds. The van der Waals surface area contributed by atoms with Crippen LogP contribution in [-0.4, -0.2) is 17.3 Å². The molecule has 3 N–H and O–H groups in total.